The number of aromatic nitrogens is 3. The molecule has 21 heavy (non-hydrogen) atoms. The van der Waals surface area contributed by atoms with Gasteiger partial charge in [-0.2, -0.15) is 0 Å². The fourth-order valence-electron chi connectivity index (χ4n) is 2.55. The SMILES string of the molecule is NCc1c(C(=O)O)nnn1CC(=O)N1CCCCCCC1. The molecule has 116 valence electrons. The van der Waals surface area contributed by atoms with Gasteiger partial charge in [0.2, 0.25) is 5.91 Å². The Balaban J connectivity index is 2.06. The number of nitrogens with zero attached hydrogens (tertiary/aromatic N) is 4. The van der Waals surface area contributed by atoms with E-state index in [1.807, 2.05) is 4.90 Å². The average Bonchev–Trinajstić information content (AvgIpc) is 2.80. The van der Waals surface area contributed by atoms with Crippen molar-refractivity contribution < 1.29 is 14.7 Å². The molecule has 8 heteroatoms. The van der Waals surface area contributed by atoms with Gasteiger partial charge in [-0.05, 0) is 12.8 Å². The largest absolute Gasteiger partial charge is 0.476 e. The van der Waals surface area contributed by atoms with Gasteiger partial charge in [0, 0.05) is 19.6 Å². The van der Waals surface area contributed by atoms with E-state index in [1.54, 1.807) is 0 Å². The zero-order valence-corrected chi connectivity index (χ0v) is 12.0. The minimum Gasteiger partial charge on any atom is -0.476 e. The monoisotopic (exact) mass is 295 g/mol. The molecular formula is C13H21N5O3. The first-order valence-electron chi connectivity index (χ1n) is 7.27. The number of likely N-dealkylation sites (tertiary alicyclic amines) is 1. The van der Waals surface area contributed by atoms with Gasteiger partial charge in [-0.15, -0.1) is 5.10 Å². The van der Waals surface area contributed by atoms with Crippen molar-refractivity contribution >= 4 is 11.9 Å². The molecule has 1 aromatic heterocycles. The Morgan fingerprint density at radius 3 is 2.33 bits per heavy atom. The van der Waals surface area contributed by atoms with Gasteiger partial charge in [-0.25, -0.2) is 9.48 Å². The fourth-order valence-corrected chi connectivity index (χ4v) is 2.55. The number of nitrogens with two attached hydrogens (primary N) is 1. The molecule has 0 bridgehead atoms. The fraction of sp³-hybridized carbons (Fsp3) is 0.692. The topological polar surface area (TPSA) is 114 Å². The molecule has 1 amide bonds. The van der Waals surface area contributed by atoms with Crippen LogP contribution in [0.15, 0.2) is 0 Å². The average molecular weight is 295 g/mol. The Morgan fingerprint density at radius 1 is 1.14 bits per heavy atom. The molecule has 8 nitrogen and oxygen atoms in total. The summed E-state index contributed by atoms with van der Waals surface area (Å²) in [7, 11) is 0. The maximum absolute atomic E-state index is 12.3. The van der Waals surface area contributed by atoms with Crippen LogP contribution in [0.5, 0.6) is 0 Å². The summed E-state index contributed by atoms with van der Waals surface area (Å²) >= 11 is 0. The Bertz CT molecular complexity index is 506. The molecule has 2 heterocycles. The lowest BCUT2D eigenvalue weighted by atomic mass is 10.1. The Hall–Kier alpha value is -1.96. The number of hydrogen-bond acceptors (Lipinski definition) is 5. The maximum Gasteiger partial charge on any atom is 0.358 e. The third-order valence-electron chi connectivity index (χ3n) is 3.73. The molecule has 0 aliphatic carbocycles. The van der Waals surface area contributed by atoms with Crippen molar-refractivity contribution in [1.29, 1.82) is 0 Å². The Kier molecular flexibility index (Phi) is 5.26. The molecule has 0 spiro atoms. The standard InChI is InChI=1S/C13H21N5O3/c14-8-10-12(13(20)21)15-16-18(10)9-11(19)17-6-4-2-1-3-5-7-17/h1-9,14H2,(H,20,21). The second-order valence-electron chi connectivity index (χ2n) is 5.20. The lowest BCUT2D eigenvalue weighted by molar-refractivity contribution is -0.132. The van der Waals surface area contributed by atoms with Crippen LogP contribution in [0.4, 0.5) is 0 Å². The number of amides is 1. The van der Waals surface area contributed by atoms with E-state index in [0.717, 1.165) is 38.8 Å². The van der Waals surface area contributed by atoms with Gasteiger partial charge in [0.25, 0.3) is 0 Å². The van der Waals surface area contributed by atoms with Crippen LogP contribution in [0, 0.1) is 0 Å². The molecule has 1 fully saturated rings. The highest BCUT2D eigenvalue weighted by molar-refractivity contribution is 5.86. The van der Waals surface area contributed by atoms with Crippen LogP contribution in [0.2, 0.25) is 0 Å². The number of carboxylic acids is 1. The first-order chi connectivity index (χ1) is 10.1. The van der Waals surface area contributed by atoms with E-state index in [4.69, 9.17) is 10.8 Å². The summed E-state index contributed by atoms with van der Waals surface area (Å²) < 4.78 is 1.30. The van der Waals surface area contributed by atoms with Crippen LogP contribution in [0.1, 0.15) is 48.3 Å². The van der Waals surface area contributed by atoms with Crippen molar-refractivity contribution in [2.45, 2.75) is 45.2 Å². The van der Waals surface area contributed by atoms with Crippen molar-refractivity contribution in [2.75, 3.05) is 13.1 Å². The van der Waals surface area contributed by atoms with E-state index >= 15 is 0 Å². The van der Waals surface area contributed by atoms with Crippen LogP contribution in [-0.4, -0.2) is 50.0 Å². The summed E-state index contributed by atoms with van der Waals surface area (Å²) in [5.74, 6) is -1.24. The molecule has 0 radical (unpaired) electrons. The van der Waals surface area contributed by atoms with Crippen molar-refractivity contribution in [1.82, 2.24) is 19.9 Å². The van der Waals surface area contributed by atoms with Gasteiger partial charge in [0.1, 0.15) is 6.54 Å². The van der Waals surface area contributed by atoms with Crippen molar-refractivity contribution in [3.8, 4) is 0 Å². The maximum atomic E-state index is 12.3. The van der Waals surface area contributed by atoms with Crippen LogP contribution in [-0.2, 0) is 17.9 Å². The normalized spacial score (nSPS) is 16.3. The molecule has 0 aromatic carbocycles. The van der Waals surface area contributed by atoms with E-state index in [0.29, 0.717) is 0 Å². The highest BCUT2D eigenvalue weighted by atomic mass is 16.4. The number of rotatable bonds is 4. The highest BCUT2D eigenvalue weighted by Gasteiger charge is 2.21. The van der Waals surface area contributed by atoms with E-state index in [1.165, 1.54) is 11.1 Å². The second-order valence-corrected chi connectivity index (χ2v) is 5.20. The Morgan fingerprint density at radius 2 is 1.76 bits per heavy atom. The summed E-state index contributed by atoms with van der Waals surface area (Å²) in [6.07, 6.45) is 5.53. The van der Waals surface area contributed by atoms with Gasteiger partial charge in [-0.1, -0.05) is 24.5 Å². The summed E-state index contributed by atoms with van der Waals surface area (Å²) in [5.41, 5.74) is 5.64. The van der Waals surface area contributed by atoms with Gasteiger partial charge < -0.3 is 15.7 Å². The predicted octanol–water partition coefficient (Wildman–Crippen LogP) is 0.228. The van der Waals surface area contributed by atoms with Crippen molar-refractivity contribution in [2.24, 2.45) is 5.73 Å². The van der Waals surface area contributed by atoms with Crippen LogP contribution >= 0.6 is 0 Å². The lowest BCUT2D eigenvalue weighted by Crippen LogP contribution is -2.36. The van der Waals surface area contributed by atoms with Gasteiger partial charge >= 0.3 is 5.97 Å². The summed E-state index contributed by atoms with van der Waals surface area (Å²) in [4.78, 5) is 25.1. The van der Waals surface area contributed by atoms with E-state index < -0.39 is 5.97 Å². The number of carbonyl (C=O) groups excluding carboxylic acids is 1. The summed E-state index contributed by atoms with van der Waals surface area (Å²) in [6.45, 7) is 1.48. The number of carbonyl (C=O) groups is 2. The Labute approximate surface area is 122 Å². The van der Waals surface area contributed by atoms with Crippen LogP contribution < -0.4 is 5.73 Å². The first kappa shape index (κ1) is 15.4. The van der Waals surface area contributed by atoms with E-state index in [2.05, 4.69) is 10.3 Å². The zero-order chi connectivity index (χ0) is 15.2. The molecule has 1 aliphatic heterocycles. The molecule has 3 N–H and O–H groups in total. The van der Waals surface area contributed by atoms with Crippen LogP contribution in [0.3, 0.4) is 0 Å². The summed E-state index contributed by atoms with van der Waals surface area (Å²) in [5, 5.41) is 16.3. The minimum atomic E-state index is -1.18. The quantitative estimate of drug-likeness (QED) is 0.821. The number of carboxylic acid groups (broad SMARTS) is 1. The molecule has 2 rings (SSSR count). The molecule has 0 unspecified atom stereocenters. The molecule has 1 aliphatic rings. The summed E-state index contributed by atoms with van der Waals surface area (Å²) in [6, 6.07) is 0. The third kappa shape index (κ3) is 3.78. The predicted molar refractivity (Wildman–Crippen MR) is 74.5 cm³/mol. The number of hydrogen-bond donors (Lipinski definition) is 2. The van der Waals surface area contributed by atoms with Crippen molar-refractivity contribution in [3.63, 3.8) is 0 Å². The van der Waals surface area contributed by atoms with Gasteiger partial charge in [0.05, 0.1) is 5.69 Å². The molecule has 0 saturated carbocycles. The third-order valence-corrected chi connectivity index (χ3v) is 3.73. The van der Waals surface area contributed by atoms with E-state index in [-0.39, 0.29) is 30.4 Å². The van der Waals surface area contributed by atoms with Gasteiger partial charge in [0.15, 0.2) is 5.69 Å². The highest BCUT2D eigenvalue weighted by Crippen LogP contribution is 2.12. The zero-order valence-electron chi connectivity index (χ0n) is 12.0. The van der Waals surface area contributed by atoms with E-state index in [9.17, 15) is 9.59 Å². The van der Waals surface area contributed by atoms with Crippen LogP contribution in [0.25, 0.3) is 0 Å². The lowest BCUT2D eigenvalue weighted by Gasteiger charge is -2.24. The molecule has 0 atom stereocenters. The molecular weight excluding hydrogens is 274 g/mol. The number of aromatic carboxylic acids is 1. The first-order valence-corrected chi connectivity index (χ1v) is 7.27. The second kappa shape index (κ2) is 7.16. The van der Waals surface area contributed by atoms with Crippen molar-refractivity contribution in [3.05, 3.63) is 11.4 Å². The van der Waals surface area contributed by atoms with Gasteiger partial charge in [-0.3, -0.25) is 4.79 Å². The molecule has 1 saturated heterocycles. The smallest absolute Gasteiger partial charge is 0.358 e. The molecule has 1 aromatic rings. The minimum absolute atomic E-state index is 0.00713.